The molecule has 3 aromatic rings. The van der Waals surface area contributed by atoms with E-state index in [2.05, 4.69) is 33.4 Å². The van der Waals surface area contributed by atoms with Crippen molar-refractivity contribution >= 4 is 32.4 Å². The van der Waals surface area contributed by atoms with Crippen molar-refractivity contribution in [1.82, 2.24) is 0 Å². The van der Waals surface area contributed by atoms with Crippen molar-refractivity contribution in [2.75, 3.05) is 5.32 Å². The molecule has 0 aromatic heterocycles. The summed E-state index contributed by atoms with van der Waals surface area (Å²) in [6.45, 7) is 0.733. The average Bonchev–Trinajstić information content (AvgIpc) is 2.54. The molecule has 3 rings (SSSR count). The van der Waals surface area contributed by atoms with Crippen molar-refractivity contribution in [1.29, 1.82) is 5.26 Å². The number of halogens is 1. The Hall–Kier alpha value is -2.31. The lowest BCUT2D eigenvalue weighted by molar-refractivity contribution is 1.14. The normalized spacial score (nSPS) is 10.3. The molecule has 0 radical (unpaired) electrons. The smallest absolute Gasteiger partial charge is 0.0998 e. The van der Waals surface area contributed by atoms with E-state index in [4.69, 9.17) is 0 Å². The zero-order valence-electron chi connectivity index (χ0n) is 11.3. The topological polar surface area (TPSA) is 35.8 Å². The molecule has 0 aliphatic rings. The molecule has 0 heterocycles. The summed E-state index contributed by atoms with van der Waals surface area (Å²) in [7, 11) is 0. The third kappa shape index (κ3) is 2.76. The molecule has 0 saturated carbocycles. The highest BCUT2D eigenvalue weighted by atomic mass is 79.9. The first kappa shape index (κ1) is 13.7. The van der Waals surface area contributed by atoms with Gasteiger partial charge in [-0.25, -0.2) is 0 Å². The van der Waals surface area contributed by atoms with Crippen LogP contribution in [0.3, 0.4) is 0 Å². The summed E-state index contributed by atoms with van der Waals surface area (Å²) in [6.07, 6.45) is 0. The second kappa shape index (κ2) is 5.99. The van der Waals surface area contributed by atoms with E-state index < -0.39 is 0 Å². The Morgan fingerprint density at radius 3 is 2.38 bits per heavy atom. The maximum absolute atomic E-state index is 9.19. The van der Waals surface area contributed by atoms with Crippen molar-refractivity contribution in [3.63, 3.8) is 0 Å². The third-order valence-corrected chi connectivity index (χ3v) is 4.25. The minimum Gasteiger partial charge on any atom is -0.380 e. The van der Waals surface area contributed by atoms with Gasteiger partial charge in [-0.3, -0.25) is 0 Å². The zero-order valence-corrected chi connectivity index (χ0v) is 12.9. The molecule has 21 heavy (non-hydrogen) atoms. The summed E-state index contributed by atoms with van der Waals surface area (Å²) in [4.78, 5) is 0. The highest BCUT2D eigenvalue weighted by Crippen LogP contribution is 2.27. The molecule has 0 spiro atoms. The van der Waals surface area contributed by atoms with Gasteiger partial charge in [0, 0.05) is 27.5 Å². The van der Waals surface area contributed by atoms with Gasteiger partial charge in [0.15, 0.2) is 0 Å². The Kier molecular flexibility index (Phi) is 3.89. The fourth-order valence-corrected chi connectivity index (χ4v) is 2.81. The second-order valence-electron chi connectivity index (χ2n) is 4.76. The number of nitrogens with zero attached hydrogens (tertiary/aromatic N) is 1. The molecular formula is C18H13BrN2. The first-order valence-corrected chi connectivity index (χ1v) is 7.48. The van der Waals surface area contributed by atoms with Crippen LogP contribution in [0, 0.1) is 11.3 Å². The molecular weight excluding hydrogens is 324 g/mol. The Balaban J connectivity index is 1.95. The standard InChI is InChI=1S/C18H13BrN2/c19-17-8-4-1-5-14(17)12-21-18-10-9-13(11-20)15-6-2-3-7-16(15)18/h1-10,21H,12H2. The first-order chi connectivity index (χ1) is 10.3. The summed E-state index contributed by atoms with van der Waals surface area (Å²) in [5.74, 6) is 0. The number of fused-ring (bicyclic) bond motifs is 1. The molecule has 3 heteroatoms. The van der Waals surface area contributed by atoms with Gasteiger partial charge < -0.3 is 5.32 Å². The maximum atomic E-state index is 9.19. The second-order valence-corrected chi connectivity index (χ2v) is 5.62. The van der Waals surface area contributed by atoms with Gasteiger partial charge in [0.05, 0.1) is 11.6 Å². The molecule has 0 aliphatic heterocycles. The van der Waals surface area contributed by atoms with E-state index in [1.165, 1.54) is 5.56 Å². The monoisotopic (exact) mass is 336 g/mol. The Morgan fingerprint density at radius 1 is 0.905 bits per heavy atom. The molecule has 1 N–H and O–H groups in total. The Labute approximate surface area is 132 Å². The highest BCUT2D eigenvalue weighted by Gasteiger charge is 2.05. The van der Waals surface area contributed by atoms with Crippen molar-refractivity contribution in [2.24, 2.45) is 0 Å². The molecule has 0 unspecified atom stereocenters. The summed E-state index contributed by atoms with van der Waals surface area (Å²) in [5, 5.41) is 14.7. The van der Waals surface area contributed by atoms with Gasteiger partial charge in [0.25, 0.3) is 0 Å². The molecule has 0 fully saturated rings. The number of nitriles is 1. The van der Waals surface area contributed by atoms with Crippen LogP contribution in [-0.4, -0.2) is 0 Å². The summed E-state index contributed by atoms with van der Waals surface area (Å²) >= 11 is 3.56. The Morgan fingerprint density at radius 2 is 1.62 bits per heavy atom. The number of hydrogen-bond acceptors (Lipinski definition) is 2. The third-order valence-electron chi connectivity index (χ3n) is 3.47. The van der Waals surface area contributed by atoms with Crippen molar-refractivity contribution in [3.8, 4) is 6.07 Å². The van der Waals surface area contributed by atoms with Gasteiger partial charge in [-0.1, -0.05) is 58.4 Å². The molecule has 0 atom stereocenters. The van der Waals surface area contributed by atoms with Gasteiger partial charge in [-0.05, 0) is 23.8 Å². The minimum atomic E-state index is 0.706. The first-order valence-electron chi connectivity index (χ1n) is 6.69. The van der Waals surface area contributed by atoms with Crippen LogP contribution >= 0.6 is 15.9 Å². The fraction of sp³-hybridized carbons (Fsp3) is 0.0556. The average molecular weight is 337 g/mol. The van der Waals surface area contributed by atoms with E-state index >= 15 is 0 Å². The van der Waals surface area contributed by atoms with Crippen molar-refractivity contribution < 1.29 is 0 Å². The quantitative estimate of drug-likeness (QED) is 0.723. The number of anilines is 1. The molecule has 0 bridgehead atoms. The lowest BCUT2D eigenvalue weighted by Gasteiger charge is -2.11. The predicted octanol–water partition coefficient (Wildman–Crippen LogP) is 5.09. The van der Waals surface area contributed by atoms with E-state index in [0.717, 1.165) is 27.5 Å². The van der Waals surface area contributed by atoms with Gasteiger partial charge in [-0.2, -0.15) is 5.26 Å². The van der Waals surface area contributed by atoms with Crippen LogP contribution in [0.5, 0.6) is 0 Å². The van der Waals surface area contributed by atoms with Crippen molar-refractivity contribution in [2.45, 2.75) is 6.54 Å². The van der Waals surface area contributed by atoms with Crippen molar-refractivity contribution in [3.05, 3.63) is 76.3 Å². The molecule has 0 saturated heterocycles. The minimum absolute atomic E-state index is 0.706. The number of rotatable bonds is 3. The van der Waals surface area contributed by atoms with E-state index in [0.29, 0.717) is 5.56 Å². The van der Waals surface area contributed by atoms with Gasteiger partial charge in [0.1, 0.15) is 0 Å². The van der Waals surface area contributed by atoms with E-state index in [-0.39, 0.29) is 0 Å². The van der Waals surface area contributed by atoms with E-state index in [9.17, 15) is 5.26 Å². The molecule has 2 nitrogen and oxygen atoms in total. The summed E-state index contributed by atoms with van der Waals surface area (Å²) < 4.78 is 1.09. The van der Waals surface area contributed by atoms with Gasteiger partial charge in [-0.15, -0.1) is 0 Å². The molecule has 0 amide bonds. The van der Waals surface area contributed by atoms with Gasteiger partial charge in [0.2, 0.25) is 0 Å². The number of hydrogen-bond donors (Lipinski definition) is 1. The highest BCUT2D eigenvalue weighted by molar-refractivity contribution is 9.10. The van der Waals surface area contributed by atoms with Crippen LogP contribution in [0.15, 0.2) is 65.1 Å². The fourth-order valence-electron chi connectivity index (χ4n) is 2.38. The van der Waals surface area contributed by atoms with Crippen LogP contribution in [0.1, 0.15) is 11.1 Å². The summed E-state index contributed by atoms with van der Waals surface area (Å²) in [5.41, 5.74) is 2.95. The SMILES string of the molecule is N#Cc1ccc(NCc2ccccc2Br)c2ccccc12. The largest absolute Gasteiger partial charge is 0.380 e. The molecule has 3 aromatic carbocycles. The maximum Gasteiger partial charge on any atom is 0.0998 e. The molecule has 102 valence electrons. The van der Waals surface area contributed by atoms with E-state index in [1.54, 1.807) is 0 Å². The number of benzene rings is 3. The zero-order chi connectivity index (χ0) is 14.7. The van der Waals surface area contributed by atoms with Crippen LogP contribution in [0.25, 0.3) is 10.8 Å². The van der Waals surface area contributed by atoms with Crippen LogP contribution in [0.4, 0.5) is 5.69 Å². The Bertz CT molecular complexity index is 834. The number of nitrogens with one attached hydrogen (secondary N) is 1. The van der Waals surface area contributed by atoms with Crippen LogP contribution in [0.2, 0.25) is 0 Å². The van der Waals surface area contributed by atoms with E-state index in [1.807, 2.05) is 54.6 Å². The lowest BCUT2D eigenvalue weighted by Crippen LogP contribution is -2.01. The molecule has 0 aliphatic carbocycles. The predicted molar refractivity (Wildman–Crippen MR) is 90.1 cm³/mol. The van der Waals surface area contributed by atoms with Crippen LogP contribution in [-0.2, 0) is 6.54 Å². The summed E-state index contributed by atoms with van der Waals surface area (Å²) in [6, 6.07) is 22.2. The van der Waals surface area contributed by atoms with Crippen LogP contribution < -0.4 is 5.32 Å². The van der Waals surface area contributed by atoms with Gasteiger partial charge >= 0.3 is 0 Å². The lowest BCUT2D eigenvalue weighted by atomic mass is 10.0.